The van der Waals surface area contributed by atoms with Gasteiger partial charge < -0.3 is 43.8 Å². The van der Waals surface area contributed by atoms with E-state index in [0.717, 1.165) is 20.3 Å². The lowest BCUT2D eigenvalue weighted by Gasteiger charge is -2.12. The first-order chi connectivity index (χ1) is 18.0. The molecular formula is C22H36Br2N8O6S. The topological polar surface area (TPSA) is 268 Å². The van der Waals surface area contributed by atoms with Gasteiger partial charge in [-0.05, 0) is 81.1 Å². The summed E-state index contributed by atoms with van der Waals surface area (Å²) in [6.07, 6.45) is -1.24. The summed E-state index contributed by atoms with van der Waals surface area (Å²) in [5, 5.41) is 25.4. The van der Waals surface area contributed by atoms with Crippen LogP contribution in [0.15, 0.2) is 55.3 Å². The molecule has 2 unspecified atom stereocenters. The molecule has 0 aromatic heterocycles. The number of benzene rings is 2. The molecule has 2 aromatic rings. The predicted octanol–water partition coefficient (Wildman–Crippen LogP) is 0.955. The molecule has 0 aliphatic heterocycles. The molecule has 0 saturated heterocycles. The standard InChI is InChI=1S/2C11H17BrN4O.H2O4S/c2*1-7-2-3-10(9(12)4-7)15-5-8(17)6-16-11(13)14;1-5(2,3)4/h2*2-4,8,15,17H,5-6H2,1H3,(H4,13,14,16);(H2,1,2,3,4). The van der Waals surface area contributed by atoms with Crippen molar-refractivity contribution in [2.24, 2.45) is 32.9 Å². The maximum absolute atomic E-state index is 9.61. The molecule has 14 N–H and O–H groups in total. The van der Waals surface area contributed by atoms with Crippen LogP contribution >= 0.6 is 31.9 Å². The van der Waals surface area contributed by atoms with E-state index < -0.39 is 22.6 Å². The minimum Gasteiger partial charge on any atom is -0.389 e. The Morgan fingerprint density at radius 1 is 0.795 bits per heavy atom. The number of aliphatic hydroxyl groups excluding tert-OH is 2. The van der Waals surface area contributed by atoms with Crippen LogP contribution in [-0.4, -0.2) is 78.0 Å². The Kier molecular flexibility index (Phi) is 17.3. The van der Waals surface area contributed by atoms with Crippen molar-refractivity contribution in [1.29, 1.82) is 0 Å². The van der Waals surface area contributed by atoms with E-state index in [2.05, 4.69) is 52.5 Å². The molecule has 0 fully saturated rings. The second kappa shape index (κ2) is 18.6. The van der Waals surface area contributed by atoms with E-state index in [1.54, 1.807) is 0 Å². The Labute approximate surface area is 244 Å². The molecule has 2 aromatic carbocycles. The number of rotatable bonds is 10. The molecule has 2 rings (SSSR count). The highest BCUT2D eigenvalue weighted by atomic mass is 79.9. The SMILES string of the molecule is Cc1ccc(NCC(O)CN=C(N)N)c(Br)c1.Cc1ccc(NCC(O)CN=C(N)N)c(Br)c1.O=S(=O)(O)O. The van der Waals surface area contributed by atoms with Crippen LogP contribution in [0, 0.1) is 13.8 Å². The van der Waals surface area contributed by atoms with Crippen molar-refractivity contribution < 1.29 is 27.7 Å². The summed E-state index contributed by atoms with van der Waals surface area (Å²) in [6, 6.07) is 11.9. The van der Waals surface area contributed by atoms with Crippen LogP contribution in [0.25, 0.3) is 0 Å². The van der Waals surface area contributed by atoms with E-state index in [0.29, 0.717) is 13.1 Å². The summed E-state index contributed by atoms with van der Waals surface area (Å²) in [7, 11) is -4.67. The average molecular weight is 700 g/mol. The normalized spacial score (nSPS) is 11.9. The second-order valence-electron chi connectivity index (χ2n) is 8.01. The number of aliphatic imine (C=N–C) groups is 2. The van der Waals surface area contributed by atoms with E-state index in [1.165, 1.54) is 11.1 Å². The minimum absolute atomic E-state index is 0.0134. The summed E-state index contributed by atoms with van der Waals surface area (Å²) >= 11 is 6.90. The molecular weight excluding hydrogens is 664 g/mol. The molecule has 2 atom stereocenters. The van der Waals surface area contributed by atoms with Crippen LogP contribution in [0.4, 0.5) is 11.4 Å². The van der Waals surface area contributed by atoms with Gasteiger partial charge >= 0.3 is 10.4 Å². The number of aryl methyl sites for hydroxylation is 2. The second-order valence-corrected chi connectivity index (χ2v) is 10.6. The van der Waals surface area contributed by atoms with Crippen LogP contribution in [0.3, 0.4) is 0 Å². The zero-order valence-electron chi connectivity index (χ0n) is 21.4. The zero-order valence-corrected chi connectivity index (χ0v) is 25.4. The average Bonchev–Trinajstić information content (AvgIpc) is 2.79. The highest BCUT2D eigenvalue weighted by molar-refractivity contribution is 9.11. The van der Waals surface area contributed by atoms with Gasteiger partial charge in [0.15, 0.2) is 11.9 Å². The van der Waals surface area contributed by atoms with Gasteiger partial charge in [0.25, 0.3) is 0 Å². The van der Waals surface area contributed by atoms with Crippen molar-refractivity contribution in [2.45, 2.75) is 26.1 Å². The van der Waals surface area contributed by atoms with Crippen LogP contribution in [-0.2, 0) is 10.4 Å². The van der Waals surface area contributed by atoms with Crippen LogP contribution in [0.2, 0.25) is 0 Å². The fourth-order valence-corrected chi connectivity index (χ4v) is 3.80. The van der Waals surface area contributed by atoms with E-state index in [1.807, 2.05) is 50.2 Å². The third-order valence-corrected chi connectivity index (χ3v) is 5.59. The van der Waals surface area contributed by atoms with Gasteiger partial charge in [0, 0.05) is 33.4 Å². The van der Waals surface area contributed by atoms with E-state index in [9.17, 15) is 10.2 Å². The number of hydrogen-bond donors (Lipinski definition) is 10. The van der Waals surface area contributed by atoms with Gasteiger partial charge in [0.2, 0.25) is 0 Å². The highest BCUT2D eigenvalue weighted by Gasteiger charge is 2.06. The molecule has 39 heavy (non-hydrogen) atoms. The number of anilines is 2. The van der Waals surface area contributed by atoms with Gasteiger partial charge in [0.1, 0.15) is 0 Å². The number of guanidine groups is 2. The first-order valence-electron chi connectivity index (χ1n) is 11.1. The van der Waals surface area contributed by atoms with Crippen LogP contribution < -0.4 is 33.6 Å². The smallest absolute Gasteiger partial charge is 0.389 e. The fraction of sp³-hybridized carbons (Fsp3) is 0.364. The first kappa shape index (κ1) is 36.3. The number of aliphatic hydroxyl groups is 2. The van der Waals surface area contributed by atoms with Gasteiger partial charge in [-0.1, -0.05) is 12.1 Å². The number of nitrogens with two attached hydrogens (primary N) is 4. The number of nitrogens with zero attached hydrogens (tertiary/aromatic N) is 2. The third-order valence-electron chi connectivity index (χ3n) is 4.27. The summed E-state index contributed by atoms with van der Waals surface area (Å²) < 4.78 is 33.5. The Bertz CT molecular complexity index is 1110. The lowest BCUT2D eigenvalue weighted by atomic mass is 10.2. The first-order valence-corrected chi connectivity index (χ1v) is 14.1. The van der Waals surface area contributed by atoms with Gasteiger partial charge in [-0.3, -0.25) is 19.1 Å². The summed E-state index contributed by atoms with van der Waals surface area (Å²) in [4.78, 5) is 7.49. The molecule has 0 aliphatic carbocycles. The maximum atomic E-state index is 9.61. The van der Waals surface area contributed by atoms with Crippen molar-refractivity contribution in [2.75, 3.05) is 36.8 Å². The molecule has 0 spiro atoms. The Hall–Kier alpha value is -2.67. The largest absolute Gasteiger partial charge is 0.394 e. The van der Waals surface area contributed by atoms with E-state index in [-0.39, 0.29) is 25.0 Å². The third kappa shape index (κ3) is 20.9. The van der Waals surface area contributed by atoms with Crippen molar-refractivity contribution in [1.82, 2.24) is 0 Å². The molecule has 17 heteroatoms. The van der Waals surface area contributed by atoms with Crippen LogP contribution in [0.1, 0.15) is 11.1 Å². The summed E-state index contributed by atoms with van der Waals surface area (Å²) in [5.41, 5.74) is 24.9. The van der Waals surface area contributed by atoms with Gasteiger partial charge in [0.05, 0.1) is 25.3 Å². The Morgan fingerprint density at radius 2 is 1.10 bits per heavy atom. The Balaban J connectivity index is 0.000000632. The number of hydrogen-bond acceptors (Lipinski definition) is 8. The van der Waals surface area contributed by atoms with Gasteiger partial charge in [-0.25, -0.2) is 0 Å². The molecule has 0 amide bonds. The van der Waals surface area contributed by atoms with Crippen molar-refractivity contribution in [3.8, 4) is 0 Å². The van der Waals surface area contributed by atoms with Gasteiger partial charge in [-0.15, -0.1) is 0 Å². The van der Waals surface area contributed by atoms with E-state index in [4.69, 9.17) is 40.5 Å². The zero-order chi connectivity index (χ0) is 30.2. The highest BCUT2D eigenvalue weighted by Crippen LogP contribution is 2.24. The molecule has 0 saturated carbocycles. The van der Waals surface area contributed by atoms with Gasteiger partial charge in [-0.2, -0.15) is 8.42 Å². The van der Waals surface area contributed by atoms with E-state index >= 15 is 0 Å². The van der Waals surface area contributed by atoms with Crippen LogP contribution in [0.5, 0.6) is 0 Å². The summed E-state index contributed by atoms with van der Waals surface area (Å²) in [6.45, 7) is 5.19. The lowest BCUT2D eigenvalue weighted by molar-refractivity contribution is 0.196. The monoisotopic (exact) mass is 698 g/mol. The van der Waals surface area contributed by atoms with Crippen molar-refractivity contribution in [3.63, 3.8) is 0 Å². The lowest BCUT2D eigenvalue weighted by Crippen LogP contribution is -2.28. The molecule has 220 valence electrons. The molecule has 0 radical (unpaired) electrons. The molecule has 0 aliphatic rings. The minimum atomic E-state index is -4.67. The summed E-state index contributed by atoms with van der Waals surface area (Å²) in [5.74, 6) is -0.0267. The molecule has 14 nitrogen and oxygen atoms in total. The fourth-order valence-electron chi connectivity index (χ4n) is 2.53. The molecule has 0 bridgehead atoms. The molecule has 0 heterocycles. The van der Waals surface area contributed by atoms with Crippen molar-refractivity contribution >= 4 is 65.6 Å². The number of nitrogens with one attached hydrogen (secondary N) is 2. The van der Waals surface area contributed by atoms with Crippen molar-refractivity contribution in [3.05, 3.63) is 56.5 Å². The maximum Gasteiger partial charge on any atom is 0.394 e. The number of halogens is 2. The predicted molar refractivity (Wildman–Crippen MR) is 162 cm³/mol. The Morgan fingerprint density at radius 3 is 1.36 bits per heavy atom. The quantitative estimate of drug-likeness (QED) is 0.0944.